The van der Waals surface area contributed by atoms with E-state index < -0.39 is 0 Å². The molecule has 0 bridgehead atoms. The highest BCUT2D eigenvalue weighted by atomic mass is 32.1. The summed E-state index contributed by atoms with van der Waals surface area (Å²) in [6.07, 6.45) is 1.52. The lowest BCUT2D eigenvalue weighted by atomic mass is 10.2. The van der Waals surface area contributed by atoms with Gasteiger partial charge in [-0.1, -0.05) is 12.1 Å². The molecule has 2 aromatic heterocycles. The third-order valence-electron chi connectivity index (χ3n) is 1.66. The highest BCUT2D eigenvalue weighted by Gasteiger charge is 2.03. The van der Waals surface area contributed by atoms with Gasteiger partial charge in [0.2, 0.25) is 0 Å². The van der Waals surface area contributed by atoms with Crippen molar-refractivity contribution in [3.05, 3.63) is 46.5 Å². The maximum absolute atomic E-state index is 10.7. The molecule has 0 aromatic carbocycles. The fraction of sp³-hybridized carbons (Fsp3) is 0.182. The first-order valence-electron chi connectivity index (χ1n) is 4.24. The molecule has 0 aliphatic heterocycles. The van der Waals surface area contributed by atoms with E-state index in [4.69, 9.17) is 4.42 Å². The van der Waals surface area contributed by atoms with E-state index in [1.54, 1.807) is 24.3 Å². The lowest BCUT2D eigenvalue weighted by molar-refractivity contribution is 0.101. The summed E-state index contributed by atoms with van der Waals surface area (Å²) >= 11 is 1.71. The van der Waals surface area contributed by atoms with Crippen LogP contribution in [0.1, 0.15) is 23.0 Å². The van der Waals surface area contributed by atoms with Gasteiger partial charge in [-0.25, -0.2) is 0 Å². The molecule has 2 rings (SSSR count). The van der Waals surface area contributed by atoms with Crippen LogP contribution in [0.2, 0.25) is 0 Å². The molecule has 0 saturated carbocycles. The molecule has 2 aromatic rings. The number of aryl methyl sites for hydroxylation is 1. The number of carbonyl (C=O) groups is 1. The Labute approximate surface area is 87.2 Å². The maximum Gasteiger partial charge on any atom is 0.163 e. The molecule has 74 valence electrons. The van der Waals surface area contributed by atoms with Crippen molar-refractivity contribution in [2.45, 2.75) is 13.8 Å². The molecule has 0 aliphatic rings. The first-order valence-corrected chi connectivity index (χ1v) is 5.18. The van der Waals surface area contributed by atoms with E-state index in [0.717, 1.165) is 0 Å². The van der Waals surface area contributed by atoms with Gasteiger partial charge in [-0.2, -0.15) is 11.3 Å². The summed E-state index contributed by atoms with van der Waals surface area (Å²) in [6.45, 7) is 3.30. The summed E-state index contributed by atoms with van der Waals surface area (Å²) in [7, 11) is 0. The number of ketones is 1. The molecule has 3 heteroatoms. The fourth-order valence-electron chi connectivity index (χ4n) is 0.977. The van der Waals surface area contributed by atoms with E-state index in [1.807, 2.05) is 22.9 Å². The monoisotopic (exact) mass is 208 g/mol. The van der Waals surface area contributed by atoms with Crippen LogP contribution in [0.15, 0.2) is 39.6 Å². The number of thiophene rings is 1. The molecule has 0 amide bonds. The van der Waals surface area contributed by atoms with Gasteiger partial charge < -0.3 is 4.42 Å². The van der Waals surface area contributed by atoms with E-state index >= 15 is 0 Å². The Kier molecular flexibility index (Phi) is 4.13. The highest BCUT2D eigenvalue weighted by molar-refractivity contribution is 7.07. The van der Waals surface area contributed by atoms with Crippen molar-refractivity contribution in [3.63, 3.8) is 0 Å². The lowest BCUT2D eigenvalue weighted by Crippen LogP contribution is -1.89. The van der Waals surface area contributed by atoms with Crippen LogP contribution in [0.25, 0.3) is 0 Å². The standard InChI is InChI=1S/C7H8O2.C4H4S/c1-5(8)7-3-4-9-6(7)2;1-2-4-5-3-1/h3-4H,1-2H3;1-4H. The van der Waals surface area contributed by atoms with Gasteiger partial charge >= 0.3 is 0 Å². The summed E-state index contributed by atoms with van der Waals surface area (Å²) in [5, 5.41) is 4.08. The fourth-order valence-corrected chi connectivity index (χ4v) is 1.43. The molecular weight excluding hydrogens is 196 g/mol. The lowest BCUT2D eigenvalue weighted by Gasteiger charge is -1.86. The van der Waals surface area contributed by atoms with Gasteiger partial charge in [-0.3, -0.25) is 4.79 Å². The average molecular weight is 208 g/mol. The minimum Gasteiger partial charge on any atom is -0.469 e. The quantitative estimate of drug-likeness (QED) is 0.671. The van der Waals surface area contributed by atoms with Crippen LogP contribution in [0.4, 0.5) is 0 Å². The van der Waals surface area contributed by atoms with Crippen molar-refractivity contribution >= 4 is 17.1 Å². The summed E-state index contributed by atoms with van der Waals surface area (Å²) in [6, 6.07) is 5.72. The summed E-state index contributed by atoms with van der Waals surface area (Å²) < 4.78 is 4.90. The molecule has 0 N–H and O–H groups in total. The first kappa shape index (κ1) is 10.7. The molecule has 0 unspecified atom stereocenters. The smallest absolute Gasteiger partial charge is 0.163 e. The van der Waals surface area contributed by atoms with Crippen LogP contribution < -0.4 is 0 Å². The van der Waals surface area contributed by atoms with Crippen LogP contribution in [0.5, 0.6) is 0 Å². The zero-order chi connectivity index (χ0) is 10.4. The van der Waals surface area contributed by atoms with Crippen molar-refractivity contribution in [2.24, 2.45) is 0 Å². The number of carbonyl (C=O) groups excluding carboxylic acids is 1. The largest absolute Gasteiger partial charge is 0.469 e. The van der Waals surface area contributed by atoms with E-state index in [0.29, 0.717) is 11.3 Å². The molecule has 0 spiro atoms. The molecule has 0 radical (unpaired) electrons. The maximum atomic E-state index is 10.7. The Hall–Kier alpha value is -1.35. The molecule has 0 atom stereocenters. The SMILES string of the molecule is CC(=O)c1ccoc1C.c1ccsc1. The molecule has 2 heterocycles. The van der Waals surface area contributed by atoms with E-state index in [2.05, 4.69) is 0 Å². The zero-order valence-electron chi connectivity index (χ0n) is 8.19. The van der Waals surface area contributed by atoms with E-state index in [-0.39, 0.29) is 5.78 Å². The first-order chi connectivity index (χ1) is 6.72. The van der Waals surface area contributed by atoms with Crippen molar-refractivity contribution < 1.29 is 9.21 Å². The second kappa shape index (κ2) is 5.40. The van der Waals surface area contributed by atoms with Crippen molar-refractivity contribution in [3.8, 4) is 0 Å². The number of rotatable bonds is 1. The summed E-state index contributed by atoms with van der Waals surface area (Å²) in [5.74, 6) is 0.753. The van der Waals surface area contributed by atoms with Crippen molar-refractivity contribution in [1.82, 2.24) is 0 Å². The molecule has 14 heavy (non-hydrogen) atoms. The topological polar surface area (TPSA) is 30.2 Å². The van der Waals surface area contributed by atoms with Crippen molar-refractivity contribution in [1.29, 1.82) is 0 Å². The van der Waals surface area contributed by atoms with E-state index in [1.165, 1.54) is 13.2 Å². The van der Waals surface area contributed by atoms with Crippen LogP contribution in [-0.2, 0) is 0 Å². The number of hydrogen-bond acceptors (Lipinski definition) is 3. The Balaban J connectivity index is 0.000000165. The predicted octanol–water partition coefficient (Wildman–Crippen LogP) is 3.54. The van der Waals surface area contributed by atoms with Gasteiger partial charge in [0, 0.05) is 0 Å². The molecule has 0 fully saturated rings. The van der Waals surface area contributed by atoms with Gasteiger partial charge in [-0.05, 0) is 30.7 Å². The number of Topliss-reactive ketones (excluding diaryl/α,β-unsaturated/α-hetero) is 1. The second-order valence-corrected chi connectivity index (χ2v) is 3.56. The molecule has 2 nitrogen and oxygen atoms in total. The highest BCUT2D eigenvalue weighted by Crippen LogP contribution is 2.08. The van der Waals surface area contributed by atoms with Gasteiger partial charge in [0.25, 0.3) is 0 Å². The molecule has 0 saturated heterocycles. The minimum absolute atomic E-state index is 0.0567. The third-order valence-corrected chi connectivity index (χ3v) is 2.29. The van der Waals surface area contributed by atoms with Gasteiger partial charge in [-0.15, -0.1) is 0 Å². The third kappa shape index (κ3) is 3.18. The van der Waals surface area contributed by atoms with Crippen LogP contribution >= 0.6 is 11.3 Å². The Bertz CT molecular complexity index is 356. The average Bonchev–Trinajstić information content (AvgIpc) is 2.74. The molecular formula is C11H12O2S. The normalized spacial score (nSPS) is 9.00. The van der Waals surface area contributed by atoms with Crippen LogP contribution in [0, 0.1) is 6.92 Å². The van der Waals surface area contributed by atoms with Crippen molar-refractivity contribution in [2.75, 3.05) is 0 Å². The summed E-state index contributed by atoms with van der Waals surface area (Å²) in [4.78, 5) is 10.7. The number of furan rings is 1. The Morgan fingerprint density at radius 1 is 1.36 bits per heavy atom. The van der Waals surface area contributed by atoms with E-state index in [9.17, 15) is 4.79 Å². The molecule has 0 aliphatic carbocycles. The predicted molar refractivity (Wildman–Crippen MR) is 57.8 cm³/mol. The Morgan fingerprint density at radius 2 is 2.00 bits per heavy atom. The number of hydrogen-bond donors (Lipinski definition) is 0. The van der Waals surface area contributed by atoms with Crippen LogP contribution in [-0.4, -0.2) is 5.78 Å². The van der Waals surface area contributed by atoms with Gasteiger partial charge in [0.1, 0.15) is 5.76 Å². The zero-order valence-corrected chi connectivity index (χ0v) is 9.01. The van der Waals surface area contributed by atoms with Crippen LogP contribution in [0.3, 0.4) is 0 Å². The Morgan fingerprint density at radius 3 is 2.21 bits per heavy atom. The van der Waals surface area contributed by atoms with Gasteiger partial charge in [0.05, 0.1) is 11.8 Å². The van der Waals surface area contributed by atoms with Gasteiger partial charge in [0.15, 0.2) is 5.78 Å². The minimum atomic E-state index is 0.0567. The second-order valence-electron chi connectivity index (χ2n) is 2.74. The summed E-state index contributed by atoms with van der Waals surface area (Å²) in [5.41, 5.74) is 0.676.